The van der Waals surface area contributed by atoms with E-state index in [1.807, 2.05) is 29.2 Å². The van der Waals surface area contributed by atoms with E-state index in [1.165, 1.54) is 0 Å². The van der Waals surface area contributed by atoms with Crippen LogP contribution in [0.3, 0.4) is 0 Å². The Morgan fingerprint density at radius 2 is 2.18 bits per heavy atom. The SMILES string of the molecule is C[C@@H]1CN(C)CCN1C(=O)c1cnn(-c2cccc(Cl)c2)c1. The van der Waals surface area contributed by atoms with Crippen LogP contribution in [0.2, 0.25) is 5.02 Å². The molecular weight excluding hydrogens is 300 g/mol. The predicted molar refractivity (Wildman–Crippen MR) is 86.6 cm³/mol. The van der Waals surface area contributed by atoms with Crippen LogP contribution < -0.4 is 0 Å². The molecule has 1 saturated heterocycles. The zero-order valence-corrected chi connectivity index (χ0v) is 13.5. The topological polar surface area (TPSA) is 41.4 Å². The second-order valence-corrected chi connectivity index (χ2v) is 6.20. The highest BCUT2D eigenvalue weighted by molar-refractivity contribution is 6.30. The van der Waals surface area contributed by atoms with Gasteiger partial charge < -0.3 is 9.80 Å². The predicted octanol–water partition coefficient (Wildman–Crippen LogP) is 2.30. The lowest BCUT2D eigenvalue weighted by atomic mass is 10.1. The maximum absolute atomic E-state index is 12.7. The lowest BCUT2D eigenvalue weighted by Gasteiger charge is -2.38. The highest BCUT2D eigenvalue weighted by atomic mass is 35.5. The first-order valence-electron chi connectivity index (χ1n) is 7.35. The highest BCUT2D eigenvalue weighted by Gasteiger charge is 2.27. The van der Waals surface area contributed by atoms with Crippen LogP contribution in [-0.4, -0.2) is 58.2 Å². The zero-order chi connectivity index (χ0) is 15.7. The molecule has 1 aliphatic rings. The number of hydrogen-bond donors (Lipinski definition) is 0. The van der Waals surface area contributed by atoms with E-state index in [1.54, 1.807) is 17.1 Å². The molecule has 0 bridgehead atoms. The monoisotopic (exact) mass is 318 g/mol. The molecule has 2 aromatic rings. The number of piperazine rings is 1. The number of rotatable bonds is 2. The van der Waals surface area contributed by atoms with E-state index >= 15 is 0 Å². The van der Waals surface area contributed by atoms with Gasteiger partial charge in [0.15, 0.2) is 0 Å². The Morgan fingerprint density at radius 1 is 1.36 bits per heavy atom. The molecule has 1 aliphatic heterocycles. The number of carbonyl (C=O) groups is 1. The molecule has 6 heteroatoms. The van der Waals surface area contributed by atoms with Gasteiger partial charge in [-0.05, 0) is 32.2 Å². The number of likely N-dealkylation sites (N-methyl/N-ethyl adjacent to an activating group) is 1. The van der Waals surface area contributed by atoms with E-state index in [-0.39, 0.29) is 11.9 Å². The van der Waals surface area contributed by atoms with Gasteiger partial charge in [0.05, 0.1) is 17.4 Å². The van der Waals surface area contributed by atoms with E-state index in [0.717, 1.165) is 25.3 Å². The molecule has 116 valence electrons. The summed E-state index contributed by atoms with van der Waals surface area (Å²) >= 11 is 6.00. The van der Waals surface area contributed by atoms with Crippen LogP contribution in [0.4, 0.5) is 0 Å². The molecule has 0 unspecified atom stereocenters. The molecule has 0 aliphatic carbocycles. The van der Waals surface area contributed by atoms with E-state index in [2.05, 4.69) is 24.0 Å². The van der Waals surface area contributed by atoms with Gasteiger partial charge in [0, 0.05) is 36.9 Å². The average molecular weight is 319 g/mol. The molecule has 2 heterocycles. The molecule has 0 radical (unpaired) electrons. The fourth-order valence-electron chi connectivity index (χ4n) is 2.80. The van der Waals surface area contributed by atoms with Crippen molar-refractivity contribution in [2.45, 2.75) is 13.0 Å². The van der Waals surface area contributed by atoms with Crippen LogP contribution in [0.15, 0.2) is 36.7 Å². The summed E-state index contributed by atoms with van der Waals surface area (Å²) in [6.45, 7) is 4.63. The largest absolute Gasteiger partial charge is 0.333 e. The second-order valence-electron chi connectivity index (χ2n) is 5.76. The molecule has 22 heavy (non-hydrogen) atoms. The summed E-state index contributed by atoms with van der Waals surface area (Å²) in [5.41, 5.74) is 1.45. The van der Waals surface area contributed by atoms with Crippen LogP contribution in [0.1, 0.15) is 17.3 Å². The summed E-state index contributed by atoms with van der Waals surface area (Å²) < 4.78 is 1.68. The van der Waals surface area contributed by atoms with Gasteiger partial charge in [0.25, 0.3) is 5.91 Å². The third-order valence-electron chi connectivity index (χ3n) is 3.99. The van der Waals surface area contributed by atoms with Gasteiger partial charge >= 0.3 is 0 Å². The Kier molecular flexibility index (Phi) is 4.18. The van der Waals surface area contributed by atoms with Crippen LogP contribution in [-0.2, 0) is 0 Å². The molecule has 1 atom stereocenters. The molecule has 0 N–H and O–H groups in total. The number of carbonyl (C=O) groups excluding carboxylic acids is 1. The Hall–Kier alpha value is -1.85. The lowest BCUT2D eigenvalue weighted by molar-refractivity contribution is 0.0533. The summed E-state index contributed by atoms with van der Waals surface area (Å²) in [5.74, 6) is 0.0360. The fourth-order valence-corrected chi connectivity index (χ4v) is 2.98. The molecule has 0 spiro atoms. The van der Waals surface area contributed by atoms with Crippen molar-refractivity contribution in [1.82, 2.24) is 19.6 Å². The minimum atomic E-state index is 0.0360. The van der Waals surface area contributed by atoms with Crippen molar-refractivity contribution in [3.63, 3.8) is 0 Å². The van der Waals surface area contributed by atoms with Gasteiger partial charge in [-0.1, -0.05) is 17.7 Å². The number of nitrogens with zero attached hydrogens (tertiary/aromatic N) is 4. The molecule has 1 aromatic heterocycles. The standard InChI is InChI=1S/C16H19ClN4O/c1-12-10-19(2)6-7-20(12)16(22)13-9-18-21(11-13)15-5-3-4-14(17)8-15/h3-5,8-9,11-12H,6-7,10H2,1-2H3/t12-/m1/s1. The minimum absolute atomic E-state index is 0.0360. The van der Waals surface area contributed by atoms with Crippen molar-refractivity contribution in [2.24, 2.45) is 0 Å². The normalized spacial score (nSPS) is 19.4. The van der Waals surface area contributed by atoms with E-state index in [0.29, 0.717) is 10.6 Å². The number of aromatic nitrogens is 2. The van der Waals surface area contributed by atoms with Crippen LogP contribution in [0.25, 0.3) is 5.69 Å². The Labute approximate surface area is 135 Å². The molecule has 0 saturated carbocycles. The Balaban J connectivity index is 1.80. The quantitative estimate of drug-likeness (QED) is 0.853. The van der Waals surface area contributed by atoms with Gasteiger partial charge in [-0.2, -0.15) is 5.10 Å². The summed E-state index contributed by atoms with van der Waals surface area (Å²) in [6.07, 6.45) is 3.38. The van der Waals surface area contributed by atoms with Gasteiger partial charge in [-0.15, -0.1) is 0 Å². The third kappa shape index (κ3) is 3.00. The first-order valence-corrected chi connectivity index (χ1v) is 7.72. The summed E-state index contributed by atoms with van der Waals surface area (Å²) in [5, 5.41) is 4.93. The third-order valence-corrected chi connectivity index (χ3v) is 4.23. The molecule has 3 rings (SSSR count). The molecule has 5 nitrogen and oxygen atoms in total. The van der Waals surface area contributed by atoms with Gasteiger partial charge in [-0.3, -0.25) is 4.79 Å². The first kappa shape index (κ1) is 15.1. The van der Waals surface area contributed by atoms with Crippen LogP contribution in [0, 0.1) is 0 Å². The summed E-state index contributed by atoms with van der Waals surface area (Å²) in [6, 6.07) is 7.61. The minimum Gasteiger partial charge on any atom is -0.333 e. The van der Waals surface area contributed by atoms with Crippen molar-refractivity contribution in [2.75, 3.05) is 26.7 Å². The number of benzene rings is 1. The average Bonchev–Trinajstić information content (AvgIpc) is 2.96. The molecule has 1 amide bonds. The summed E-state index contributed by atoms with van der Waals surface area (Å²) in [7, 11) is 2.08. The Morgan fingerprint density at radius 3 is 2.91 bits per heavy atom. The van der Waals surface area contributed by atoms with E-state index < -0.39 is 0 Å². The van der Waals surface area contributed by atoms with E-state index in [9.17, 15) is 4.79 Å². The maximum atomic E-state index is 12.7. The molecular formula is C16H19ClN4O. The maximum Gasteiger partial charge on any atom is 0.257 e. The second kappa shape index (κ2) is 6.10. The van der Waals surface area contributed by atoms with Crippen molar-refractivity contribution in [3.05, 3.63) is 47.2 Å². The number of amides is 1. The zero-order valence-electron chi connectivity index (χ0n) is 12.7. The first-order chi connectivity index (χ1) is 10.5. The van der Waals surface area contributed by atoms with Crippen molar-refractivity contribution >= 4 is 17.5 Å². The van der Waals surface area contributed by atoms with Crippen molar-refractivity contribution < 1.29 is 4.79 Å². The fraction of sp³-hybridized carbons (Fsp3) is 0.375. The van der Waals surface area contributed by atoms with Crippen LogP contribution in [0.5, 0.6) is 0 Å². The van der Waals surface area contributed by atoms with E-state index in [4.69, 9.17) is 11.6 Å². The molecule has 1 fully saturated rings. The van der Waals surface area contributed by atoms with Gasteiger partial charge in [-0.25, -0.2) is 4.68 Å². The van der Waals surface area contributed by atoms with Crippen molar-refractivity contribution in [1.29, 1.82) is 0 Å². The van der Waals surface area contributed by atoms with Crippen LogP contribution >= 0.6 is 11.6 Å². The summed E-state index contributed by atoms with van der Waals surface area (Å²) in [4.78, 5) is 16.8. The highest BCUT2D eigenvalue weighted by Crippen LogP contribution is 2.17. The van der Waals surface area contributed by atoms with Crippen molar-refractivity contribution in [3.8, 4) is 5.69 Å². The number of hydrogen-bond acceptors (Lipinski definition) is 3. The Bertz CT molecular complexity index is 684. The smallest absolute Gasteiger partial charge is 0.257 e. The lowest BCUT2D eigenvalue weighted by Crippen LogP contribution is -2.52. The van der Waals surface area contributed by atoms with Gasteiger partial charge in [0.1, 0.15) is 0 Å². The molecule has 1 aromatic carbocycles. The van der Waals surface area contributed by atoms with Gasteiger partial charge in [0.2, 0.25) is 0 Å². The number of halogens is 1.